The number of rotatable bonds is 8. The van der Waals surface area contributed by atoms with Crippen molar-refractivity contribution in [3.63, 3.8) is 0 Å². The molecule has 3 nitrogen and oxygen atoms in total. The molecule has 0 aliphatic carbocycles. The van der Waals surface area contributed by atoms with Crippen LogP contribution in [0.3, 0.4) is 0 Å². The highest BCUT2D eigenvalue weighted by Gasteiger charge is 2.13. The van der Waals surface area contributed by atoms with Gasteiger partial charge in [0, 0.05) is 30.7 Å². The average Bonchev–Trinajstić information content (AvgIpc) is 2.38. The molecule has 0 radical (unpaired) electrons. The van der Waals surface area contributed by atoms with Crippen molar-refractivity contribution in [3.05, 3.63) is 33.8 Å². The van der Waals surface area contributed by atoms with Crippen molar-refractivity contribution in [2.75, 3.05) is 27.3 Å². The van der Waals surface area contributed by atoms with Crippen LogP contribution in [0.5, 0.6) is 0 Å². The Hall–Kier alpha value is -0.420. The second-order valence-corrected chi connectivity index (χ2v) is 5.68. The van der Waals surface area contributed by atoms with Crippen molar-refractivity contribution < 1.29 is 4.74 Å². The normalized spacial score (nSPS) is 12.9. The number of hydrogen-bond donors (Lipinski definition) is 1. The van der Waals surface area contributed by atoms with Crippen molar-refractivity contribution in [1.82, 2.24) is 10.2 Å². The molecule has 1 atom stereocenters. The number of hydrogen-bond acceptors (Lipinski definition) is 3. The van der Waals surface area contributed by atoms with Gasteiger partial charge in [0.1, 0.15) is 0 Å². The highest BCUT2D eigenvalue weighted by atomic mass is 79.9. The maximum absolute atomic E-state index is 5.24. The summed E-state index contributed by atoms with van der Waals surface area (Å²) in [5, 5.41) is 3.17. The minimum atomic E-state index is 0.430. The molecule has 0 bridgehead atoms. The zero-order chi connectivity index (χ0) is 14.3. The van der Waals surface area contributed by atoms with E-state index in [1.54, 1.807) is 7.11 Å². The molecule has 0 fully saturated rings. The molecule has 4 heteroatoms. The standard InChI is InChI=1S/C15H25BrN2O/c1-5-18(12(2)11-19-4)10-14-7-6-13(9-17-3)8-15(14)16/h6-8,12,17H,5,9-11H2,1-4H3. The molecule has 0 amide bonds. The van der Waals surface area contributed by atoms with Crippen LogP contribution in [-0.4, -0.2) is 38.3 Å². The first-order valence-corrected chi connectivity index (χ1v) is 7.56. The van der Waals surface area contributed by atoms with E-state index in [9.17, 15) is 0 Å². The van der Waals surface area contributed by atoms with E-state index in [1.807, 2.05) is 7.05 Å². The van der Waals surface area contributed by atoms with Crippen LogP contribution in [0.25, 0.3) is 0 Å². The molecule has 0 aliphatic heterocycles. The smallest absolute Gasteiger partial charge is 0.0615 e. The first-order valence-electron chi connectivity index (χ1n) is 6.77. The van der Waals surface area contributed by atoms with Crippen LogP contribution in [0.4, 0.5) is 0 Å². The highest BCUT2D eigenvalue weighted by molar-refractivity contribution is 9.10. The fourth-order valence-corrected chi connectivity index (χ4v) is 2.73. The third-order valence-electron chi connectivity index (χ3n) is 3.31. The number of ether oxygens (including phenoxy) is 1. The third kappa shape index (κ3) is 5.22. The van der Waals surface area contributed by atoms with Gasteiger partial charge < -0.3 is 10.1 Å². The maximum atomic E-state index is 5.24. The van der Waals surface area contributed by atoms with Gasteiger partial charge in [0.25, 0.3) is 0 Å². The Morgan fingerprint density at radius 2 is 2.16 bits per heavy atom. The summed E-state index contributed by atoms with van der Waals surface area (Å²) in [6.45, 7) is 8.03. The Morgan fingerprint density at radius 3 is 2.68 bits per heavy atom. The lowest BCUT2D eigenvalue weighted by molar-refractivity contribution is 0.0981. The summed E-state index contributed by atoms with van der Waals surface area (Å²) in [6, 6.07) is 7.02. The van der Waals surface area contributed by atoms with Crippen LogP contribution in [0.2, 0.25) is 0 Å². The van der Waals surface area contributed by atoms with Crippen molar-refractivity contribution in [1.29, 1.82) is 0 Å². The lowest BCUT2D eigenvalue weighted by Crippen LogP contribution is -2.35. The van der Waals surface area contributed by atoms with Gasteiger partial charge in [-0.1, -0.05) is 35.0 Å². The van der Waals surface area contributed by atoms with Crippen LogP contribution in [-0.2, 0) is 17.8 Å². The summed E-state index contributed by atoms with van der Waals surface area (Å²) >= 11 is 3.68. The lowest BCUT2D eigenvalue weighted by atomic mass is 10.1. The lowest BCUT2D eigenvalue weighted by Gasteiger charge is -2.27. The molecule has 0 aromatic heterocycles. The minimum absolute atomic E-state index is 0.430. The van der Waals surface area contributed by atoms with E-state index in [1.165, 1.54) is 15.6 Å². The molecule has 1 rings (SSSR count). The van der Waals surface area contributed by atoms with Crippen LogP contribution in [0.15, 0.2) is 22.7 Å². The van der Waals surface area contributed by atoms with Crippen LogP contribution >= 0.6 is 15.9 Å². The predicted molar refractivity (Wildman–Crippen MR) is 84.3 cm³/mol. The van der Waals surface area contributed by atoms with Crippen molar-refractivity contribution in [2.45, 2.75) is 33.0 Å². The van der Waals surface area contributed by atoms with Gasteiger partial charge in [0.05, 0.1) is 6.61 Å². The largest absolute Gasteiger partial charge is 0.383 e. The Kier molecular flexibility index (Phi) is 7.61. The van der Waals surface area contributed by atoms with Crippen LogP contribution < -0.4 is 5.32 Å². The Bertz CT molecular complexity index is 384. The molecule has 0 aliphatic rings. The first-order chi connectivity index (χ1) is 9.12. The van der Waals surface area contributed by atoms with Gasteiger partial charge in [-0.2, -0.15) is 0 Å². The van der Waals surface area contributed by atoms with Crippen LogP contribution in [0, 0.1) is 0 Å². The van der Waals surface area contributed by atoms with E-state index in [2.05, 4.69) is 58.2 Å². The van der Waals surface area contributed by atoms with Crippen molar-refractivity contribution in [3.8, 4) is 0 Å². The number of methoxy groups -OCH3 is 1. The molecule has 0 saturated heterocycles. The van der Waals surface area contributed by atoms with E-state index in [0.29, 0.717) is 6.04 Å². The van der Waals surface area contributed by atoms with Gasteiger partial charge in [-0.3, -0.25) is 4.90 Å². The topological polar surface area (TPSA) is 24.5 Å². The molecule has 1 N–H and O–H groups in total. The van der Waals surface area contributed by atoms with Gasteiger partial charge in [-0.15, -0.1) is 0 Å². The van der Waals surface area contributed by atoms with Gasteiger partial charge in [-0.25, -0.2) is 0 Å². The SMILES string of the molecule is CCN(Cc1ccc(CNC)cc1Br)C(C)COC. The summed E-state index contributed by atoms with van der Waals surface area (Å²) < 4.78 is 6.43. The Labute approximate surface area is 125 Å². The molecule has 1 unspecified atom stereocenters. The highest BCUT2D eigenvalue weighted by Crippen LogP contribution is 2.21. The predicted octanol–water partition coefficient (Wildman–Crippen LogP) is 3.03. The van der Waals surface area contributed by atoms with Gasteiger partial charge >= 0.3 is 0 Å². The zero-order valence-corrected chi connectivity index (χ0v) is 14.0. The summed E-state index contributed by atoms with van der Waals surface area (Å²) in [5.74, 6) is 0. The third-order valence-corrected chi connectivity index (χ3v) is 4.05. The first kappa shape index (κ1) is 16.6. The zero-order valence-electron chi connectivity index (χ0n) is 12.4. The van der Waals surface area contributed by atoms with Crippen molar-refractivity contribution >= 4 is 15.9 Å². The molecule has 1 aromatic carbocycles. The molecule has 0 heterocycles. The van der Waals surface area contributed by atoms with E-state index >= 15 is 0 Å². The number of nitrogens with zero attached hydrogens (tertiary/aromatic N) is 1. The quantitative estimate of drug-likeness (QED) is 0.793. The number of nitrogens with one attached hydrogen (secondary N) is 1. The summed E-state index contributed by atoms with van der Waals surface area (Å²) in [6.07, 6.45) is 0. The van der Waals surface area contributed by atoms with E-state index < -0.39 is 0 Å². The second kappa shape index (κ2) is 8.69. The minimum Gasteiger partial charge on any atom is -0.383 e. The number of likely N-dealkylation sites (N-methyl/N-ethyl adjacent to an activating group) is 1. The molecular formula is C15H25BrN2O. The number of halogens is 1. The average molecular weight is 329 g/mol. The number of benzene rings is 1. The fraction of sp³-hybridized carbons (Fsp3) is 0.600. The molecule has 0 spiro atoms. The molecule has 1 aromatic rings. The second-order valence-electron chi connectivity index (χ2n) is 4.82. The Balaban J connectivity index is 2.74. The van der Waals surface area contributed by atoms with Gasteiger partial charge in [0.15, 0.2) is 0 Å². The van der Waals surface area contributed by atoms with Gasteiger partial charge in [-0.05, 0) is 37.7 Å². The fourth-order valence-electron chi connectivity index (χ4n) is 2.18. The molecule has 108 valence electrons. The summed E-state index contributed by atoms with van der Waals surface area (Å²) in [4.78, 5) is 2.42. The molecule has 19 heavy (non-hydrogen) atoms. The maximum Gasteiger partial charge on any atom is 0.0615 e. The van der Waals surface area contributed by atoms with Crippen LogP contribution in [0.1, 0.15) is 25.0 Å². The van der Waals surface area contributed by atoms with Gasteiger partial charge in [0.2, 0.25) is 0 Å². The van der Waals surface area contributed by atoms with E-state index in [0.717, 1.165) is 26.2 Å². The Morgan fingerprint density at radius 1 is 1.42 bits per heavy atom. The summed E-state index contributed by atoms with van der Waals surface area (Å²) in [7, 11) is 3.72. The monoisotopic (exact) mass is 328 g/mol. The van der Waals surface area contributed by atoms with Crippen molar-refractivity contribution in [2.24, 2.45) is 0 Å². The molecule has 0 saturated carbocycles. The summed E-state index contributed by atoms with van der Waals surface area (Å²) in [5.41, 5.74) is 2.62. The van der Waals surface area contributed by atoms with E-state index in [4.69, 9.17) is 4.74 Å². The molecular weight excluding hydrogens is 304 g/mol. The van der Waals surface area contributed by atoms with E-state index in [-0.39, 0.29) is 0 Å².